The molecule has 1 saturated heterocycles. The molecular weight excluding hydrogens is 355 g/mol. The Morgan fingerprint density at radius 3 is 2.68 bits per heavy atom. The molecule has 2 aromatic carbocycles. The van der Waals surface area contributed by atoms with E-state index in [0.717, 1.165) is 43.7 Å². The minimum atomic E-state index is -0.232. The predicted octanol–water partition coefficient (Wildman–Crippen LogP) is 3.48. The Hall–Kier alpha value is -3.07. The van der Waals surface area contributed by atoms with Gasteiger partial charge in [-0.05, 0) is 54.8 Å². The van der Waals surface area contributed by atoms with Crippen LogP contribution in [0.3, 0.4) is 0 Å². The van der Waals surface area contributed by atoms with Crippen LogP contribution < -0.4 is 10.2 Å². The Kier molecular flexibility index (Phi) is 5.16. The monoisotopic (exact) mass is 378 g/mol. The van der Waals surface area contributed by atoms with Crippen molar-refractivity contribution in [1.29, 1.82) is 5.26 Å². The quantitative estimate of drug-likeness (QED) is 0.890. The molecule has 2 atom stereocenters. The molecule has 1 heterocycles. The molecule has 2 fully saturated rings. The Morgan fingerprint density at radius 1 is 1.11 bits per heavy atom. The van der Waals surface area contributed by atoms with Gasteiger partial charge in [-0.3, -0.25) is 0 Å². The summed E-state index contributed by atoms with van der Waals surface area (Å²) in [5, 5.41) is 12.0. The molecule has 5 nitrogen and oxygen atoms in total. The number of urea groups is 1. The highest BCUT2D eigenvalue weighted by atomic mass is 19.1. The van der Waals surface area contributed by atoms with Crippen molar-refractivity contribution in [3.05, 3.63) is 65.5 Å². The first-order chi connectivity index (χ1) is 13.6. The Balaban J connectivity index is 1.30. The number of nitrogens with one attached hydrogen (secondary N) is 1. The van der Waals surface area contributed by atoms with E-state index in [1.165, 1.54) is 6.07 Å². The van der Waals surface area contributed by atoms with Gasteiger partial charge in [0.15, 0.2) is 0 Å². The van der Waals surface area contributed by atoms with E-state index < -0.39 is 0 Å². The summed E-state index contributed by atoms with van der Waals surface area (Å²) in [6.07, 6.45) is 1.76. The normalized spacial score (nSPS) is 21.6. The van der Waals surface area contributed by atoms with Gasteiger partial charge in [0, 0.05) is 43.8 Å². The van der Waals surface area contributed by atoms with Crippen LogP contribution in [0.1, 0.15) is 29.9 Å². The van der Waals surface area contributed by atoms with Gasteiger partial charge in [0.2, 0.25) is 0 Å². The van der Waals surface area contributed by atoms with Crippen molar-refractivity contribution < 1.29 is 9.18 Å². The number of halogens is 1. The number of benzene rings is 2. The molecule has 0 spiro atoms. The fourth-order valence-corrected chi connectivity index (χ4v) is 3.84. The maximum absolute atomic E-state index is 13.4. The second-order valence-electron chi connectivity index (χ2n) is 7.44. The van der Waals surface area contributed by atoms with Crippen molar-refractivity contribution in [2.24, 2.45) is 0 Å². The molecule has 1 aliphatic heterocycles. The minimum absolute atomic E-state index is 0.0365. The molecule has 1 N–H and O–H groups in total. The number of rotatable bonds is 3. The first kappa shape index (κ1) is 18.3. The van der Waals surface area contributed by atoms with Gasteiger partial charge >= 0.3 is 6.03 Å². The van der Waals surface area contributed by atoms with E-state index in [2.05, 4.69) is 16.3 Å². The molecule has 6 heteroatoms. The first-order valence-corrected chi connectivity index (χ1v) is 9.70. The summed E-state index contributed by atoms with van der Waals surface area (Å²) in [6.45, 7) is 3.02. The van der Waals surface area contributed by atoms with Crippen LogP contribution >= 0.6 is 0 Å². The molecule has 0 radical (unpaired) electrons. The summed E-state index contributed by atoms with van der Waals surface area (Å²) >= 11 is 0. The molecule has 0 aromatic heterocycles. The van der Waals surface area contributed by atoms with Gasteiger partial charge in [0.25, 0.3) is 0 Å². The van der Waals surface area contributed by atoms with E-state index >= 15 is 0 Å². The Labute approximate surface area is 164 Å². The third kappa shape index (κ3) is 4.09. The zero-order valence-corrected chi connectivity index (χ0v) is 15.6. The van der Waals surface area contributed by atoms with Crippen molar-refractivity contribution >= 4 is 11.7 Å². The number of nitriles is 1. The summed E-state index contributed by atoms with van der Waals surface area (Å²) < 4.78 is 13.4. The molecular formula is C22H23FN4O. The molecule has 2 amide bonds. The van der Waals surface area contributed by atoms with E-state index in [-0.39, 0.29) is 23.8 Å². The van der Waals surface area contributed by atoms with E-state index in [1.807, 2.05) is 35.2 Å². The molecule has 2 aromatic rings. The predicted molar refractivity (Wildman–Crippen MR) is 106 cm³/mol. The van der Waals surface area contributed by atoms with Crippen LogP contribution in [0.4, 0.5) is 14.9 Å². The highest BCUT2D eigenvalue weighted by molar-refractivity contribution is 5.75. The highest BCUT2D eigenvalue weighted by Gasteiger charge is 2.40. The maximum Gasteiger partial charge on any atom is 0.317 e. The fraction of sp³-hybridized carbons (Fsp3) is 0.364. The van der Waals surface area contributed by atoms with Gasteiger partial charge in [-0.15, -0.1) is 0 Å². The van der Waals surface area contributed by atoms with Gasteiger partial charge < -0.3 is 15.1 Å². The number of carbonyl (C=O) groups is 1. The van der Waals surface area contributed by atoms with Crippen molar-refractivity contribution in [2.45, 2.75) is 24.8 Å². The van der Waals surface area contributed by atoms with Crippen LogP contribution in [0, 0.1) is 17.1 Å². The lowest BCUT2D eigenvalue weighted by atomic mass is 10.1. The second-order valence-corrected chi connectivity index (χ2v) is 7.44. The largest absolute Gasteiger partial charge is 0.370 e. The topological polar surface area (TPSA) is 59.4 Å². The zero-order valence-electron chi connectivity index (χ0n) is 15.6. The summed E-state index contributed by atoms with van der Waals surface area (Å²) in [5.41, 5.74) is 2.68. The van der Waals surface area contributed by atoms with E-state index in [0.29, 0.717) is 12.1 Å². The number of amides is 2. The van der Waals surface area contributed by atoms with Gasteiger partial charge in [-0.1, -0.05) is 12.1 Å². The fourth-order valence-electron chi connectivity index (χ4n) is 3.84. The molecule has 4 rings (SSSR count). The minimum Gasteiger partial charge on any atom is -0.370 e. The number of hydrogen-bond acceptors (Lipinski definition) is 3. The Bertz CT molecular complexity index is 892. The van der Waals surface area contributed by atoms with Crippen LogP contribution in [-0.2, 0) is 0 Å². The zero-order chi connectivity index (χ0) is 19.5. The molecule has 144 valence electrons. The van der Waals surface area contributed by atoms with Crippen LogP contribution in [0.25, 0.3) is 0 Å². The first-order valence-electron chi connectivity index (χ1n) is 9.70. The number of hydrogen-bond donors (Lipinski definition) is 1. The summed E-state index contributed by atoms with van der Waals surface area (Å²) in [7, 11) is 0. The van der Waals surface area contributed by atoms with Gasteiger partial charge in [0.05, 0.1) is 11.6 Å². The van der Waals surface area contributed by atoms with E-state index in [4.69, 9.17) is 5.26 Å². The van der Waals surface area contributed by atoms with Crippen molar-refractivity contribution in [1.82, 2.24) is 10.2 Å². The third-order valence-corrected chi connectivity index (χ3v) is 5.52. The standard InChI is InChI=1S/C22H23FN4O/c23-18-4-1-3-17(13-18)20-14-21(20)25-22(28)27-10-2-9-26(11-12-27)19-7-5-16(15-24)6-8-19/h1,3-8,13,20-21H,2,9-12,14H2,(H,25,28)/t20-,21-/m0/s1. The van der Waals surface area contributed by atoms with Crippen LogP contribution in [0.2, 0.25) is 0 Å². The van der Waals surface area contributed by atoms with Gasteiger partial charge in [-0.2, -0.15) is 5.26 Å². The van der Waals surface area contributed by atoms with Crippen LogP contribution in [-0.4, -0.2) is 43.2 Å². The molecule has 1 saturated carbocycles. The van der Waals surface area contributed by atoms with E-state index in [9.17, 15) is 9.18 Å². The highest BCUT2D eigenvalue weighted by Crippen LogP contribution is 2.41. The average molecular weight is 378 g/mol. The van der Waals surface area contributed by atoms with Crippen molar-refractivity contribution in [3.63, 3.8) is 0 Å². The van der Waals surface area contributed by atoms with Crippen molar-refractivity contribution in [3.8, 4) is 6.07 Å². The maximum atomic E-state index is 13.4. The summed E-state index contributed by atoms with van der Waals surface area (Å²) in [6, 6.07) is 16.4. The molecule has 28 heavy (non-hydrogen) atoms. The second kappa shape index (κ2) is 7.89. The number of anilines is 1. The van der Waals surface area contributed by atoms with Gasteiger partial charge in [-0.25, -0.2) is 9.18 Å². The van der Waals surface area contributed by atoms with Gasteiger partial charge in [0.1, 0.15) is 5.82 Å². The molecule has 0 unspecified atom stereocenters. The van der Waals surface area contributed by atoms with Crippen LogP contribution in [0.15, 0.2) is 48.5 Å². The lowest BCUT2D eigenvalue weighted by Crippen LogP contribution is -2.43. The molecule has 0 bridgehead atoms. The van der Waals surface area contributed by atoms with Crippen LogP contribution in [0.5, 0.6) is 0 Å². The lowest BCUT2D eigenvalue weighted by Gasteiger charge is -2.24. The molecule has 1 aliphatic carbocycles. The van der Waals surface area contributed by atoms with Crippen molar-refractivity contribution in [2.75, 3.05) is 31.1 Å². The lowest BCUT2D eigenvalue weighted by molar-refractivity contribution is 0.201. The number of carbonyl (C=O) groups excluding carboxylic acids is 1. The van der Waals surface area contributed by atoms with E-state index in [1.54, 1.807) is 12.1 Å². The SMILES string of the molecule is N#Cc1ccc(N2CCCN(C(=O)N[C@H]3C[C@H]3c3cccc(F)c3)CC2)cc1. The smallest absolute Gasteiger partial charge is 0.317 e. The summed E-state index contributed by atoms with van der Waals surface area (Å²) in [4.78, 5) is 16.8. The molecule has 2 aliphatic rings. The Morgan fingerprint density at radius 2 is 1.93 bits per heavy atom. The average Bonchev–Trinajstić information content (AvgIpc) is 3.51. The summed E-state index contributed by atoms with van der Waals surface area (Å²) in [5.74, 6) is -0.0216. The third-order valence-electron chi connectivity index (χ3n) is 5.52. The number of nitrogens with zero attached hydrogens (tertiary/aromatic N) is 3.